The highest BCUT2D eigenvalue weighted by atomic mass is 35.5. The van der Waals surface area contributed by atoms with Crippen LogP contribution >= 0.6 is 11.6 Å². The number of aryl methyl sites for hydroxylation is 1. The first-order valence-corrected chi connectivity index (χ1v) is 9.94. The molecule has 1 heterocycles. The number of halogens is 4. The third-order valence-corrected chi connectivity index (χ3v) is 4.94. The second-order valence-electron chi connectivity index (χ2n) is 7.22. The Hall–Kier alpha value is -2.59. The molecule has 2 aromatic rings. The van der Waals surface area contributed by atoms with Gasteiger partial charge in [0, 0.05) is 23.1 Å². The minimum absolute atomic E-state index is 0.0593. The molecule has 7 nitrogen and oxygen atoms in total. The maximum Gasteiger partial charge on any atom is 0.522 e. The van der Waals surface area contributed by atoms with Crippen molar-refractivity contribution in [2.45, 2.75) is 38.0 Å². The predicted molar refractivity (Wildman–Crippen MR) is 104 cm³/mol. The number of carbonyl (C=O) groups is 1. The number of carbonyl (C=O) groups excluding carboxylic acids is 1. The average molecular weight is 460 g/mol. The molecular formula is C20H21ClF3N3O4. The van der Waals surface area contributed by atoms with Crippen LogP contribution in [0.15, 0.2) is 41.0 Å². The Morgan fingerprint density at radius 2 is 1.97 bits per heavy atom. The topological polar surface area (TPSA) is 86.5 Å². The number of nitrogens with one attached hydrogen (secondary N) is 1. The fourth-order valence-corrected chi connectivity index (χ4v) is 3.18. The standard InChI is InChI=1S/C20H21ClF3N3O4/c1-12(25-17(28)11-29-16-5-3-15(21)4-6-16)2-7-18-26-27-19(31-18)14-8-13(9-14)10-30-20(22,23)24/h3-6,13-14H,1-2,7-11H2,(H,25,28). The maximum atomic E-state index is 12.1. The van der Waals surface area contributed by atoms with E-state index in [-0.39, 0.29) is 31.0 Å². The number of benzene rings is 1. The van der Waals surface area contributed by atoms with Crippen molar-refractivity contribution >= 4 is 17.5 Å². The number of rotatable bonds is 10. The molecule has 0 atom stereocenters. The van der Waals surface area contributed by atoms with Crippen molar-refractivity contribution in [2.24, 2.45) is 5.92 Å². The Morgan fingerprint density at radius 3 is 2.65 bits per heavy atom. The second-order valence-corrected chi connectivity index (χ2v) is 7.66. The Morgan fingerprint density at radius 1 is 1.26 bits per heavy atom. The highest BCUT2D eigenvalue weighted by Crippen LogP contribution is 2.41. The number of aromatic nitrogens is 2. The number of allylic oxidation sites excluding steroid dienone is 1. The summed E-state index contributed by atoms with van der Waals surface area (Å²) >= 11 is 5.79. The van der Waals surface area contributed by atoms with Gasteiger partial charge in [-0.3, -0.25) is 9.53 Å². The minimum Gasteiger partial charge on any atom is -0.484 e. The quantitative estimate of drug-likeness (QED) is 0.567. The van der Waals surface area contributed by atoms with Crippen LogP contribution in [0, 0.1) is 5.92 Å². The predicted octanol–water partition coefficient (Wildman–Crippen LogP) is 4.39. The summed E-state index contributed by atoms with van der Waals surface area (Å²) in [5, 5.41) is 11.1. The first-order valence-electron chi connectivity index (χ1n) is 9.57. The van der Waals surface area contributed by atoms with Crippen LogP contribution in [0.4, 0.5) is 13.2 Å². The number of alkyl halides is 3. The molecule has 1 saturated carbocycles. The van der Waals surface area contributed by atoms with Crippen LogP contribution in [0.3, 0.4) is 0 Å². The van der Waals surface area contributed by atoms with Gasteiger partial charge in [0.25, 0.3) is 5.91 Å². The van der Waals surface area contributed by atoms with Crippen LogP contribution in [0.25, 0.3) is 0 Å². The molecule has 1 fully saturated rings. The van der Waals surface area contributed by atoms with Crippen LogP contribution in [0.1, 0.15) is 37.0 Å². The lowest BCUT2D eigenvalue weighted by Crippen LogP contribution is -2.29. The second kappa shape index (κ2) is 10.1. The number of amides is 1. The lowest BCUT2D eigenvalue weighted by atomic mass is 9.75. The minimum atomic E-state index is -4.61. The summed E-state index contributed by atoms with van der Waals surface area (Å²) < 4.78 is 50.9. The van der Waals surface area contributed by atoms with Gasteiger partial charge in [-0.15, -0.1) is 23.4 Å². The van der Waals surface area contributed by atoms with E-state index in [0.29, 0.717) is 53.9 Å². The van der Waals surface area contributed by atoms with Gasteiger partial charge in [0.05, 0.1) is 6.61 Å². The number of hydrogen-bond donors (Lipinski definition) is 1. The summed E-state index contributed by atoms with van der Waals surface area (Å²) in [7, 11) is 0. The molecule has 1 aromatic carbocycles. The summed E-state index contributed by atoms with van der Waals surface area (Å²) in [6.07, 6.45) is -2.83. The lowest BCUT2D eigenvalue weighted by Gasteiger charge is -2.32. The fourth-order valence-electron chi connectivity index (χ4n) is 3.05. The summed E-state index contributed by atoms with van der Waals surface area (Å²) in [5.41, 5.74) is 0.470. The monoisotopic (exact) mass is 459 g/mol. The van der Waals surface area contributed by atoms with E-state index >= 15 is 0 Å². The molecule has 0 bridgehead atoms. The molecule has 0 spiro atoms. The van der Waals surface area contributed by atoms with Crippen molar-refractivity contribution in [3.63, 3.8) is 0 Å². The van der Waals surface area contributed by atoms with E-state index in [9.17, 15) is 18.0 Å². The molecule has 1 amide bonds. The number of hydrogen-bond acceptors (Lipinski definition) is 6. The lowest BCUT2D eigenvalue weighted by molar-refractivity contribution is -0.330. The van der Waals surface area contributed by atoms with Crippen LogP contribution in [-0.2, 0) is 16.0 Å². The molecule has 168 valence electrons. The van der Waals surface area contributed by atoms with Crippen molar-refractivity contribution in [2.75, 3.05) is 13.2 Å². The first-order chi connectivity index (χ1) is 14.7. The summed E-state index contributed by atoms with van der Waals surface area (Å²) in [6, 6.07) is 6.63. The zero-order valence-corrected chi connectivity index (χ0v) is 17.2. The van der Waals surface area contributed by atoms with Crippen LogP contribution in [0.5, 0.6) is 5.75 Å². The van der Waals surface area contributed by atoms with Crippen molar-refractivity contribution in [1.29, 1.82) is 0 Å². The molecule has 1 aliphatic carbocycles. The summed E-state index contributed by atoms with van der Waals surface area (Å²) in [4.78, 5) is 11.9. The van der Waals surface area contributed by atoms with E-state index in [1.165, 1.54) is 0 Å². The maximum absolute atomic E-state index is 12.1. The highest BCUT2D eigenvalue weighted by Gasteiger charge is 2.38. The molecule has 0 saturated heterocycles. The molecular weight excluding hydrogens is 439 g/mol. The molecule has 31 heavy (non-hydrogen) atoms. The Labute approximate surface area is 181 Å². The SMILES string of the molecule is C=C(CCc1nnc(C2CC(COC(F)(F)F)C2)o1)NC(=O)COc1ccc(Cl)cc1. The molecule has 3 rings (SSSR count). The molecule has 0 radical (unpaired) electrons. The molecule has 1 N–H and O–H groups in total. The van der Waals surface area contributed by atoms with E-state index < -0.39 is 6.36 Å². The van der Waals surface area contributed by atoms with E-state index in [0.717, 1.165) is 0 Å². The zero-order chi connectivity index (χ0) is 22.4. The molecule has 1 aromatic heterocycles. The van der Waals surface area contributed by atoms with E-state index in [1.54, 1.807) is 24.3 Å². The molecule has 0 aliphatic heterocycles. The van der Waals surface area contributed by atoms with Gasteiger partial charge in [0.2, 0.25) is 11.8 Å². The van der Waals surface area contributed by atoms with Crippen LogP contribution < -0.4 is 10.1 Å². The fraction of sp³-hybridized carbons (Fsp3) is 0.450. The van der Waals surface area contributed by atoms with Gasteiger partial charge in [-0.25, -0.2) is 0 Å². The van der Waals surface area contributed by atoms with Crippen LogP contribution in [-0.4, -0.2) is 35.7 Å². The largest absolute Gasteiger partial charge is 0.522 e. The smallest absolute Gasteiger partial charge is 0.484 e. The van der Waals surface area contributed by atoms with Crippen molar-refractivity contribution in [3.05, 3.63) is 53.3 Å². The van der Waals surface area contributed by atoms with Gasteiger partial charge in [0.15, 0.2) is 6.61 Å². The van der Waals surface area contributed by atoms with Crippen molar-refractivity contribution in [3.8, 4) is 5.75 Å². The van der Waals surface area contributed by atoms with Crippen molar-refractivity contribution < 1.29 is 31.9 Å². The molecule has 1 aliphatic rings. The van der Waals surface area contributed by atoms with Gasteiger partial charge >= 0.3 is 6.36 Å². The van der Waals surface area contributed by atoms with E-state index in [4.69, 9.17) is 20.8 Å². The average Bonchev–Trinajstić information content (AvgIpc) is 3.12. The summed E-state index contributed by atoms with van der Waals surface area (Å²) in [6.45, 7) is 3.26. The Kier molecular flexibility index (Phi) is 7.55. The Bertz CT molecular complexity index is 896. The van der Waals surface area contributed by atoms with Gasteiger partial charge in [-0.2, -0.15) is 0 Å². The third-order valence-electron chi connectivity index (χ3n) is 4.69. The van der Waals surface area contributed by atoms with Gasteiger partial charge in [-0.1, -0.05) is 18.2 Å². The van der Waals surface area contributed by atoms with Gasteiger partial charge in [-0.05, 0) is 49.4 Å². The van der Waals surface area contributed by atoms with E-state index in [1.807, 2.05) is 0 Å². The first kappa shape index (κ1) is 23.1. The molecule has 0 unspecified atom stereocenters. The van der Waals surface area contributed by atoms with Gasteiger partial charge in [0.1, 0.15) is 5.75 Å². The normalized spacial score (nSPS) is 18.3. The zero-order valence-electron chi connectivity index (χ0n) is 16.5. The van der Waals surface area contributed by atoms with E-state index in [2.05, 4.69) is 26.8 Å². The van der Waals surface area contributed by atoms with Crippen molar-refractivity contribution in [1.82, 2.24) is 15.5 Å². The van der Waals surface area contributed by atoms with Gasteiger partial charge < -0.3 is 14.5 Å². The third kappa shape index (κ3) is 7.55. The number of ether oxygens (including phenoxy) is 2. The van der Waals surface area contributed by atoms with Crippen LogP contribution in [0.2, 0.25) is 5.02 Å². The summed E-state index contributed by atoms with van der Waals surface area (Å²) in [5.74, 6) is 0.713. The highest BCUT2D eigenvalue weighted by molar-refractivity contribution is 6.30. The Balaban J connectivity index is 1.33. The molecule has 11 heteroatoms. The number of nitrogens with zero attached hydrogens (tertiary/aromatic N) is 2.